The van der Waals surface area contributed by atoms with Gasteiger partial charge in [0.25, 0.3) is 0 Å². The maximum Gasteiger partial charge on any atom is 0.227 e. The van der Waals surface area contributed by atoms with Crippen molar-refractivity contribution in [2.45, 2.75) is 52.0 Å². The first-order chi connectivity index (χ1) is 14.7. The van der Waals surface area contributed by atoms with Gasteiger partial charge in [-0.1, -0.05) is 36.8 Å². The van der Waals surface area contributed by atoms with Crippen LogP contribution in [0.25, 0.3) is 0 Å². The fraction of sp³-hybridized carbons (Fsp3) is 0.542. The lowest BCUT2D eigenvalue weighted by Gasteiger charge is -2.19. The van der Waals surface area contributed by atoms with E-state index in [4.69, 9.17) is 0 Å². The Balaban J connectivity index is 0.000000176. The van der Waals surface area contributed by atoms with E-state index in [2.05, 4.69) is 41.3 Å². The Morgan fingerprint density at radius 2 is 1.90 bits per heavy atom. The van der Waals surface area contributed by atoms with E-state index in [9.17, 15) is 9.18 Å². The second-order valence-electron chi connectivity index (χ2n) is 8.99. The smallest absolute Gasteiger partial charge is 0.227 e. The highest BCUT2D eigenvalue weighted by Gasteiger charge is 2.26. The molecule has 1 aromatic carbocycles. The minimum atomic E-state index is -0.334. The Bertz CT molecular complexity index is 882. The lowest BCUT2D eigenvalue weighted by Crippen LogP contribution is -2.29. The van der Waals surface area contributed by atoms with Crippen molar-refractivity contribution in [2.24, 2.45) is 5.92 Å². The molecule has 0 radical (unpaired) electrons. The molecule has 1 saturated heterocycles. The molecule has 2 aromatic rings. The Hall–Kier alpha value is -2.70. The summed E-state index contributed by atoms with van der Waals surface area (Å²) < 4.78 is 13.6. The van der Waals surface area contributed by atoms with Crippen LogP contribution >= 0.6 is 0 Å². The molecule has 7 heteroatoms. The SMILES string of the molecule is CC1CCN(c2nc(N(C)C)ncc2F)C1.Cc1ccc(C(C)C(=O)NC2CC2)cc1. The summed E-state index contributed by atoms with van der Waals surface area (Å²) in [6.45, 7) is 7.94. The van der Waals surface area contributed by atoms with Crippen molar-refractivity contribution in [1.29, 1.82) is 0 Å². The van der Waals surface area contributed by atoms with Gasteiger partial charge in [-0.05, 0) is 44.6 Å². The van der Waals surface area contributed by atoms with E-state index in [1.807, 2.05) is 38.1 Å². The standard InChI is InChI=1S/C13H17NO.C11H17FN4/c1-9-3-5-11(6-4-9)10(2)13(15)14-12-7-8-12;1-8-4-5-16(7-8)10-9(12)6-13-11(14-10)15(2)3/h3-6,10,12H,7-8H2,1-2H3,(H,14,15);6,8H,4-5,7H2,1-3H3. The third-order valence-corrected chi connectivity index (χ3v) is 5.73. The van der Waals surface area contributed by atoms with Crippen LogP contribution in [0.3, 0.4) is 0 Å². The molecule has 2 aliphatic rings. The fourth-order valence-electron chi connectivity index (χ4n) is 3.47. The van der Waals surface area contributed by atoms with Crippen molar-refractivity contribution < 1.29 is 9.18 Å². The van der Waals surface area contributed by atoms with E-state index in [1.165, 1.54) is 11.8 Å². The third-order valence-electron chi connectivity index (χ3n) is 5.73. The van der Waals surface area contributed by atoms with Crippen LogP contribution in [-0.2, 0) is 4.79 Å². The second-order valence-corrected chi connectivity index (χ2v) is 8.99. The van der Waals surface area contributed by atoms with Crippen molar-refractivity contribution >= 4 is 17.7 Å². The molecule has 1 aliphatic heterocycles. The molecule has 31 heavy (non-hydrogen) atoms. The number of benzene rings is 1. The topological polar surface area (TPSA) is 61.4 Å². The average Bonchev–Trinajstić information content (AvgIpc) is 3.45. The lowest BCUT2D eigenvalue weighted by molar-refractivity contribution is -0.122. The van der Waals surface area contributed by atoms with Gasteiger partial charge in [-0.25, -0.2) is 9.37 Å². The monoisotopic (exact) mass is 427 g/mol. The summed E-state index contributed by atoms with van der Waals surface area (Å²) in [5, 5.41) is 3.03. The number of amides is 1. The van der Waals surface area contributed by atoms with Gasteiger partial charge >= 0.3 is 0 Å². The van der Waals surface area contributed by atoms with Crippen molar-refractivity contribution in [3.8, 4) is 0 Å². The number of carbonyl (C=O) groups is 1. The molecule has 0 spiro atoms. The Kier molecular flexibility index (Phi) is 7.46. The van der Waals surface area contributed by atoms with E-state index in [1.54, 1.807) is 4.90 Å². The van der Waals surface area contributed by atoms with E-state index in [0.29, 0.717) is 23.7 Å². The number of aromatic nitrogens is 2. The molecular formula is C24H34FN5O. The molecule has 1 saturated carbocycles. The van der Waals surface area contributed by atoms with E-state index in [0.717, 1.165) is 37.9 Å². The minimum Gasteiger partial charge on any atom is -0.354 e. The van der Waals surface area contributed by atoms with Crippen LogP contribution in [0.1, 0.15) is 50.2 Å². The van der Waals surface area contributed by atoms with Crippen molar-refractivity contribution in [3.05, 3.63) is 47.4 Å². The predicted octanol–water partition coefficient (Wildman–Crippen LogP) is 3.91. The molecule has 1 N–H and O–H groups in total. The highest BCUT2D eigenvalue weighted by atomic mass is 19.1. The maximum atomic E-state index is 13.6. The van der Waals surface area contributed by atoms with Gasteiger partial charge in [-0.3, -0.25) is 4.79 Å². The number of nitrogens with one attached hydrogen (secondary N) is 1. The first kappa shape index (κ1) is 23.0. The number of rotatable bonds is 5. The van der Waals surface area contributed by atoms with Gasteiger partial charge in [-0.2, -0.15) is 4.98 Å². The number of carbonyl (C=O) groups excluding carboxylic acids is 1. The van der Waals surface area contributed by atoms with E-state index < -0.39 is 0 Å². The number of aryl methyl sites for hydroxylation is 1. The lowest BCUT2D eigenvalue weighted by atomic mass is 9.99. The van der Waals surface area contributed by atoms with Gasteiger partial charge in [0.15, 0.2) is 11.6 Å². The van der Waals surface area contributed by atoms with Gasteiger partial charge in [0.2, 0.25) is 11.9 Å². The van der Waals surface area contributed by atoms with Gasteiger partial charge in [0.1, 0.15) is 0 Å². The van der Waals surface area contributed by atoms with Crippen LogP contribution in [0, 0.1) is 18.7 Å². The second kappa shape index (κ2) is 10.1. The van der Waals surface area contributed by atoms with Crippen molar-refractivity contribution in [3.63, 3.8) is 0 Å². The zero-order valence-electron chi connectivity index (χ0n) is 19.2. The minimum absolute atomic E-state index is 0.0359. The van der Waals surface area contributed by atoms with Crippen LogP contribution in [0.4, 0.5) is 16.2 Å². The first-order valence-electron chi connectivity index (χ1n) is 11.1. The van der Waals surface area contributed by atoms with Crippen molar-refractivity contribution in [2.75, 3.05) is 37.0 Å². The maximum absolute atomic E-state index is 13.6. The number of halogens is 1. The van der Waals surface area contributed by atoms with Crippen LogP contribution in [0.2, 0.25) is 0 Å². The van der Waals surface area contributed by atoms with Gasteiger partial charge in [0.05, 0.1) is 12.1 Å². The third kappa shape index (κ3) is 6.39. The number of nitrogens with zero attached hydrogens (tertiary/aromatic N) is 4. The van der Waals surface area contributed by atoms with E-state index >= 15 is 0 Å². The van der Waals surface area contributed by atoms with Crippen LogP contribution < -0.4 is 15.1 Å². The van der Waals surface area contributed by atoms with Crippen molar-refractivity contribution in [1.82, 2.24) is 15.3 Å². The Labute approximate surface area is 184 Å². The van der Waals surface area contributed by atoms with Gasteiger partial charge < -0.3 is 15.1 Å². The summed E-state index contributed by atoms with van der Waals surface area (Å²) in [4.78, 5) is 23.7. The molecule has 4 rings (SSSR count). The first-order valence-corrected chi connectivity index (χ1v) is 11.1. The Morgan fingerprint density at radius 1 is 1.23 bits per heavy atom. The normalized spacial score (nSPS) is 18.8. The molecule has 1 aromatic heterocycles. The van der Waals surface area contributed by atoms with Gasteiger partial charge in [-0.15, -0.1) is 0 Å². The molecule has 0 bridgehead atoms. The average molecular weight is 428 g/mol. The quantitative estimate of drug-likeness (QED) is 0.784. The molecule has 168 valence electrons. The molecular weight excluding hydrogens is 393 g/mol. The zero-order chi connectivity index (χ0) is 22.5. The largest absolute Gasteiger partial charge is 0.354 e. The molecule has 2 heterocycles. The highest BCUT2D eigenvalue weighted by molar-refractivity contribution is 5.83. The number of anilines is 2. The summed E-state index contributed by atoms with van der Waals surface area (Å²) in [5.74, 6) is 1.38. The zero-order valence-corrected chi connectivity index (χ0v) is 19.2. The molecule has 1 aliphatic carbocycles. The summed E-state index contributed by atoms with van der Waals surface area (Å²) in [5.41, 5.74) is 2.33. The van der Waals surface area contributed by atoms with Crippen LogP contribution in [0.5, 0.6) is 0 Å². The van der Waals surface area contributed by atoms with E-state index in [-0.39, 0.29) is 17.6 Å². The summed E-state index contributed by atoms with van der Waals surface area (Å²) >= 11 is 0. The number of hydrogen-bond donors (Lipinski definition) is 1. The molecule has 2 atom stereocenters. The molecule has 6 nitrogen and oxygen atoms in total. The highest BCUT2D eigenvalue weighted by Crippen LogP contribution is 2.25. The van der Waals surface area contributed by atoms with Crippen LogP contribution in [-0.4, -0.2) is 49.1 Å². The van der Waals surface area contributed by atoms with Crippen LogP contribution in [0.15, 0.2) is 30.5 Å². The molecule has 2 fully saturated rings. The number of hydrogen-bond acceptors (Lipinski definition) is 5. The van der Waals surface area contributed by atoms with Gasteiger partial charge in [0, 0.05) is 33.2 Å². The molecule has 1 amide bonds. The molecule has 2 unspecified atom stereocenters. The fourth-order valence-corrected chi connectivity index (χ4v) is 3.47. The summed E-state index contributed by atoms with van der Waals surface area (Å²) in [6, 6.07) is 8.62. The summed E-state index contributed by atoms with van der Waals surface area (Å²) in [7, 11) is 3.70. The Morgan fingerprint density at radius 3 is 2.45 bits per heavy atom. The summed E-state index contributed by atoms with van der Waals surface area (Å²) in [6.07, 6.45) is 4.64. The predicted molar refractivity (Wildman–Crippen MR) is 123 cm³/mol.